The molecule has 12 heavy (non-hydrogen) atoms. The highest BCUT2D eigenvalue weighted by molar-refractivity contribution is 5.47. The summed E-state index contributed by atoms with van der Waals surface area (Å²) in [6.45, 7) is 4.52. The third-order valence-electron chi connectivity index (χ3n) is 2.22. The lowest BCUT2D eigenvalue weighted by Gasteiger charge is -2.19. The molecular formula is C10H14N2. The van der Waals surface area contributed by atoms with E-state index in [0.29, 0.717) is 0 Å². The molecule has 0 unspecified atom stereocenters. The van der Waals surface area contributed by atoms with Crippen molar-refractivity contribution in [3.8, 4) is 0 Å². The van der Waals surface area contributed by atoms with Crippen LogP contribution in [0.1, 0.15) is 5.56 Å². The molecular weight excluding hydrogens is 148 g/mol. The third-order valence-corrected chi connectivity index (χ3v) is 2.22. The molecule has 0 N–H and O–H groups in total. The van der Waals surface area contributed by atoms with Crippen LogP contribution in [0.3, 0.4) is 0 Å². The molecule has 2 nitrogen and oxygen atoms in total. The van der Waals surface area contributed by atoms with E-state index in [-0.39, 0.29) is 0 Å². The first kappa shape index (κ1) is 7.62. The Morgan fingerprint density at radius 2 is 2.08 bits per heavy atom. The minimum Gasteiger partial charge on any atom is -0.309 e. The van der Waals surface area contributed by atoms with Crippen molar-refractivity contribution in [1.29, 1.82) is 0 Å². The molecule has 0 aromatic heterocycles. The fraction of sp³-hybridized carbons (Fsp3) is 0.400. The lowest BCUT2D eigenvalue weighted by molar-refractivity contribution is 0.545. The minimum absolute atomic E-state index is 1.20. The van der Waals surface area contributed by atoms with Crippen LogP contribution in [0.5, 0.6) is 0 Å². The molecule has 2 heteroatoms. The van der Waals surface area contributed by atoms with E-state index in [1.807, 2.05) is 0 Å². The average molecular weight is 162 g/mol. The van der Waals surface area contributed by atoms with Gasteiger partial charge in [0.2, 0.25) is 0 Å². The van der Waals surface area contributed by atoms with E-state index >= 15 is 0 Å². The van der Waals surface area contributed by atoms with Gasteiger partial charge in [0.25, 0.3) is 0 Å². The first-order valence-corrected chi connectivity index (χ1v) is 4.32. The normalized spacial score (nSPS) is 16.2. The van der Waals surface area contributed by atoms with Gasteiger partial charge in [-0.3, -0.25) is 0 Å². The predicted molar refractivity (Wildman–Crippen MR) is 51.2 cm³/mol. The molecule has 1 heterocycles. The topological polar surface area (TPSA) is 6.25 Å². The van der Waals surface area contributed by atoms with E-state index in [0.717, 1.165) is 0 Å². The number of nitrogens with zero attached hydrogens (tertiary/aromatic N) is 2. The highest BCUT2D eigenvalue weighted by Gasteiger charge is 2.22. The predicted octanol–water partition coefficient (Wildman–Crippen LogP) is 1.66. The Hall–Kier alpha value is -1.02. The Bertz CT molecular complexity index is 279. The summed E-state index contributed by atoms with van der Waals surface area (Å²) in [4.78, 5) is 0. The summed E-state index contributed by atoms with van der Waals surface area (Å²) < 4.78 is 0. The lowest BCUT2D eigenvalue weighted by Crippen LogP contribution is -2.23. The van der Waals surface area contributed by atoms with Gasteiger partial charge in [-0.2, -0.15) is 0 Å². The van der Waals surface area contributed by atoms with Gasteiger partial charge in [0, 0.05) is 20.1 Å². The summed E-state index contributed by atoms with van der Waals surface area (Å²) in [6.07, 6.45) is 0. The third kappa shape index (κ3) is 1.43. The van der Waals surface area contributed by atoms with Crippen LogP contribution in [0.15, 0.2) is 24.3 Å². The van der Waals surface area contributed by atoms with Crippen molar-refractivity contribution in [3.63, 3.8) is 0 Å². The molecule has 0 radical (unpaired) electrons. The zero-order valence-electron chi connectivity index (χ0n) is 7.62. The maximum absolute atomic E-state index is 2.30. The first-order chi connectivity index (χ1) is 5.77. The first-order valence-electron chi connectivity index (χ1n) is 4.32. The molecule has 64 valence electrons. The molecule has 2 rings (SSSR count). The molecule has 0 amide bonds. The number of hydrogen-bond acceptors (Lipinski definition) is 2. The fourth-order valence-electron chi connectivity index (χ4n) is 1.34. The van der Waals surface area contributed by atoms with Gasteiger partial charge in [-0.05, 0) is 24.6 Å². The number of hydrazine groups is 1. The van der Waals surface area contributed by atoms with Crippen molar-refractivity contribution in [2.24, 2.45) is 0 Å². The van der Waals surface area contributed by atoms with Gasteiger partial charge in [-0.1, -0.05) is 12.1 Å². The Morgan fingerprint density at radius 3 is 2.67 bits per heavy atom. The summed E-state index contributed by atoms with van der Waals surface area (Å²) in [7, 11) is 2.11. The number of anilines is 1. The number of benzene rings is 1. The Morgan fingerprint density at radius 1 is 1.33 bits per heavy atom. The molecule has 1 fully saturated rings. The SMILES string of the molecule is Cc1cccc(N(C)N2CC2)c1. The number of hydrogen-bond donors (Lipinski definition) is 0. The highest BCUT2D eigenvalue weighted by Crippen LogP contribution is 2.19. The second-order valence-corrected chi connectivity index (χ2v) is 3.32. The van der Waals surface area contributed by atoms with Gasteiger partial charge >= 0.3 is 0 Å². The maximum atomic E-state index is 2.30. The molecule has 1 aliphatic rings. The molecule has 0 bridgehead atoms. The van der Waals surface area contributed by atoms with Crippen LogP contribution >= 0.6 is 0 Å². The van der Waals surface area contributed by atoms with Crippen molar-refractivity contribution in [1.82, 2.24) is 5.01 Å². The van der Waals surface area contributed by atoms with Gasteiger partial charge in [0.1, 0.15) is 0 Å². The molecule has 1 aromatic rings. The molecule has 0 spiro atoms. The monoisotopic (exact) mass is 162 g/mol. The van der Waals surface area contributed by atoms with Crippen molar-refractivity contribution >= 4 is 5.69 Å². The van der Waals surface area contributed by atoms with Crippen LogP contribution < -0.4 is 5.01 Å². The molecule has 0 atom stereocenters. The molecule has 1 saturated heterocycles. The van der Waals surface area contributed by atoms with Crippen LogP contribution in [-0.2, 0) is 0 Å². The second-order valence-electron chi connectivity index (χ2n) is 3.32. The Labute approximate surface area is 73.4 Å². The van der Waals surface area contributed by atoms with Crippen molar-refractivity contribution in [2.45, 2.75) is 6.92 Å². The largest absolute Gasteiger partial charge is 0.309 e. The van der Waals surface area contributed by atoms with Crippen LogP contribution in [0, 0.1) is 6.92 Å². The van der Waals surface area contributed by atoms with Gasteiger partial charge in [-0.15, -0.1) is 0 Å². The molecule has 1 aromatic carbocycles. The van der Waals surface area contributed by atoms with E-state index in [9.17, 15) is 0 Å². The summed E-state index contributed by atoms with van der Waals surface area (Å²) >= 11 is 0. The standard InChI is InChI=1S/C10H14N2/c1-9-4-3-5-10(8-9)11(2)12-6-7-12/h3-5,8H,6-7H2,1-2H3. The summed E-state index contributed by atoms with van der Waals surface area (Å²) in [6, 6.07) is 8.58. The van der Waals surface area contributed by atoms with Crippen LogP contribution in [0.4, 0.5) is 5.69 Å². The lowest BCUT2D eigenvalue weighted by atomic mass is 10.2. The zero-order valence-corrected chi connectivity index (χ0v) is 7.62. The van der Waals surface area contributed by atoms with Gasteiger partial charge in [-0.25, -0.2) is 5.01 Å². The van der Waals surface area contributed by atoms with Gasteiger partial charge in [0.15, 0.2) is 0 Å². The second kappa shape index (κ2) is 2.79. The van der Waals surface area contributed by atoms with E-state index < -0.39 is 0 Å². The highest BCUT2D eigenvalue weighted by atomic mass is 15.7. The quantitative estimate of drug-likeness (QED) is 0.610. The summed E-state index contributed by atoms with van der Waals surface area (Å²) in [5, 5.41) is 4.52. The van der Waals surface area contributed by atoms with Crippen molar-refractivity contribution in [3.05, 3.63) is 29.8 Å². The Balaban J connectivity index is 2.20. The number of aryl methyl sites for hydroxylation is 1. The van der Waals surface area contributed by atoms with Gasteiger partial charge in [0.05, 0.1) is 5.69 Å². The smallest absolute Gasteiger partial charge is 0.0521 e. The fourth-order valence-corrected chi connectivity index (χ4v) is 1.34. The summed E-state index contributed by atoms with van der Waals surface area (Å²) in [5.74, 6) is 0. The van der Waals surface area contributed by atoms with E-state index in [1.165, 1.54) is 24.3 Å². The van der Waals surface area contributed by atoms with Crippen LogP contribution in [-0.4, -0.2) is 25.1 Å². The molecule has 1 aliphatic heterocycles. The molecule has 0 aliphatic carbocycles. The van der Waals surface area contributed by atoms with E-state index in [1.54, 1.807) is 0 Å². The van der Waals surface area contributed by atoms with Crippen molar-refractivity contribution < 1.29 is 0 Å². The van der Waals surface area contributed by atoms with Crippen molar-refractivity contribution in [2.75, 3.05) is 25.1 Å². The van der Waals surface area contributed by atoms with Crippen LogP contribution in [0.2, 0.25) is 0 Å². The van der Waals surface area contributed by atoms with Crippen LogP contribution in [0.25, 0.3) is 0 Å². The average Bonchev–Trinajstić information content (AvgIpc) is 2.85. The summed E-state index contributed by atoms with van der Waals surface area (Å²) in [5.41, 5.74) is 2.61. The van der Waals surface area contributed by atoms with Gasteiger partial charge < -0.3 is 5.01 Å². The minimum atomic E-state index is 1.20. The number of rotatable bonds is 2. The zero-order chi connectivity index (χ0) is 8.55. The van der Waals surface area contributed by atoms with E-state index in [2.05, 4.69) is 48.3 Å². The molecule has 0 saturated carbocycles. The Kier molecular flexibility index (Phi) is 1.77. The maximum Gasteiger partial charge on any atom is 0.0521 e. The van der Waals surface area contributed by atoms with E-state index in [4.69, 9.17) is 0 Å².